The maximum Gasteiger partial charge on any atom is 0.331 e. The van der Waals surface area contributed by atoms with Crippen molar-refractivity contribution in [1.29, 1.82) is 0 Å². The Labute approximate surface area is 160 Å². The van der Waals surface area contributed by atoms with Crippen LogP contribution in [0.25, 0.3) is 10.9 Å². The van der Waals surface area contributed by atoms with Gasteiger partial charge in [0.1, 0.15) is 0 Å². The van der Waals surface area contributed by atoms with E-state index in [1.165, 1.54) is 0 Å². The molecule has 2 atom stereocenters. The fourth-order valence-electron chi connectivity index (χ4n) is 3.13. The lowest BCUT2D eigenvalue weighted by Gasteiger charge is -2.31. The summed E-state index contributed by atoms with van der Waals surface area (Å²) in [5, 5.41) is 12.5. The first-order chi connectivity index (χ1) is 13.3. The molecule has 0 spiro atoms. The number of carbonyl (C=O) groups is 4. The Balaban J connectivity index is 1.82. The van der Waals surface area contributed by atoms with Gasteiger partial charge < -0.3 is 10.1 Å². The van der Waals surface area contributed by atoms with Gasteiger partial charge in [-0.05, 0) is 25.5 Å². The van der Waals surface area contributed by atoms with Gasteiger partial charge in [0.25, 0.3) is 0 Å². The van der Waals surface area contributed by atoms with Crippen LogP contribution in [0.3, 0.4) is 0 Å². The second-order valence-corrected chi connectivity index (χ2v) is 6.79. The summed E-state index contributed by atoms with van der Waals surface area (Å²) < 4.78 is 0. The van der Waals surface area contributed by atoms with E-state index in [2.05, 4.69) is 15.3 Å². The van der Waals surface area contributed by atoms with E-state index in [9.17, 15) is 24.3 Å². The lowest BCUT2D eigenvalue weighted by Crippen LogP contribution is -2.60. The van der Waals surface area contributed by atoms with Gasteiger partial charge in [-0.1, -0.05) is 18.2 Å². The van der Waals surface area contributed by atoms with Crippen molar-refractivity contribution in [2.75, 3.05) is 0 Å². The summed E-state index contributed by atoms with van der Waals surface area (Å²) in [7, 11) is 0. The Hall–Kier alpha value is -3.49. The highest BCUT2D eigenvalue weighted by atomic mass is 16.4. The molecule has 1 aliphatic rings. The van der Waals surface area contributed by atoms with Crippen molar-refractivity contribution in [2.45, 2.75) is 32.4 Å². The molecule has 4 amide bonds. The lowest BCUT2D eigenvalue weighted by atomic mass is 10.0. The number of barbiturate groups is 1. The molecule has 1 aromatic carbocycles. The average molecular weight is 384 g/mol. The maximum atomic E-state index is 12.5. The molecule has 1 saturated heterocycles. The Morgan fingerprint density at radius 2 is 2.00 bits per heavy atom. The number of benzene rings is 1. The van der Waals surface area contributed by atoms with Gasteiger partial charge in [-0.25, -0.2) is 9.59 Å². The van der Waals surface area contributed by atoms with Gasteiger partial charge in [0.15, 0.2) is 12.0 Å². The van der Waals surface area contributed by atoms with Gasteiger partial charge in [-0.15, -0.1) is 0 Å². The number of aliphatic imine (C=N–C) groups is 1. The number of carboxylic acids is 1. The molecule has 1 fully saturated rings. The van der Waals surface area contributed by atoms with Crippen molar-refractivity contribution in [3.8, 4) is 0 Å². The molecule has 0 bridgehead atoms. The summed E-state index contributed by atoms with van der Waals surface area (Å²) in [6.45, 7) is 3.27. The minimum absolute atomic E-state index is 0.0885. The number of carboxylic acid groups (broad SMARTS) is 1. The van der Waals surface area contributed by atoms with Crippen LogP contribution in [0.2, 0.25) is 0 Å². The summed E-state index contributed by atoms with van der Waals surface area (Å²) in [6, 6.07) is 5.05. The monoisotopic (exact) mass is 384 g/mol. The van der Waals surface area contributed by atoms with Crippen molar-refractivity contribution in [3.63, 3.8) is 0 Å². The summed E-state index contributed by atoms with van der Waals surface area (Å²) >= 11 is 0. The van der Waals surface area contributed by atoms with Gasteiger partial charge in [0.05, 0.1) is 0 Å². The first-order valence-corrected chi connectivity index (χ1v) is 8.78. The number of aliphatic carboxylic acids is 1. The van der Waals surface area contributed by atoms with Gasteiger partial charge in [0, 0.05) is 35.8 Å². The molecular weight excluding hydrogens is 364 g/mol. The number of urea groups is 1. The molecule has 2 heterocycles. The number of H-pyrrole nitrogens is 1. The molecule has 3 N–H and O–H groups in total. The minimum Gasteiger partial charge on any atom is -0.480 e. The average Bonchev–Trinajstić information content (AvgIpc) is 3.02. The fraction of sp³-hybridized carbons (Fsp3) is 0.316. The molecule has 1 aliphatic heterocycles. The van der Waals surface area contributed by atoms with E-state index in [0.29, 0.717) is 0 Å². The minimum atomic E-state index is -1.34. The van der Waals surface area contributed by atoms with E-state index in [4.69, 9.17) is 0 Å². The topological polar surface area (TPSA) is 132 Å². The molecule has 2 aromatic rings. The second-order valence-electron chi connectivity index (χ2n) is 6.79. The van der Waals surface area contributed by atoms with Crippen LogP contribution in [-0.4, -0.2) is 57.1 Å². The number of fused-ring (bicyclic) bond motifs is 1. The zero-order valence-corrected chi connectivity index (χ0v) is 15.4. The van der Waals surface area contributed by atoms with Gasteiger partial charge in [-0.3, -0.25) is 24.8 Å². The van der Waals surface area contributed by atoms with E-state index < -0.39 is 41.8 Å². The van der Waals surface area contributed by atoms with E-state index in [-0.39, 0.29) is 6.42 Å². The molecule has 3 rings (SSSR count). The third kappa shape index (κ3) is 3.64. The molecule has 1 aromatic heterocycles. The number of nitrogens with one attached hydrogen (secondary N) is 2. The van der Waals surface area contributed by atoms with Crippen LogP contribution in [0.4, 0.5) is 4.79 Å². The van der Waals surface area contributed by atoms with Crippen LogP contribution in [0.5, 0.6) is 0 Å². The summed E-state index contributed by atoms with van der Waals surface area (Å²) in [6.07, 6.45) is 2.83. The Morgan fingerprint density at radius 1 is 1.29 bits per heavy atom. The van der Waals surface area contributed by atoms with Crippen LogP contribution in [-0.2, 0) is 20.8 Å². The molecule has 9 nitrogen and oxygen atoms in total. The first-order valence-electron chi connectivity index (χ1n) is 8.78. The highest BCUT2D eigenvalue weighted by molar-refractivity contribution is 6.23. The molecule has 28 heavy (non-hydrogen) atoms. The number of amides is 4. The highest BCUT2D eigenvalue weighted by Gasteiger charge is 2.40. The van der Waals surface area contributed by atoms with E-state index >= 15 is 0 Å². The predicted molar refractivity (Wildman–Crippen MR) is 101 cm³/mol. The second kappa shape index (κ2) is 7.63. The van der Waals surface area contributed by atoms with Crippen LogP contribution < -0.4 is 5.32 Å². The van der Waals surface area contributed by atoms with Gasteiger partial charge in [0.2, 0.25) is 11.8 Å². The lowest BCUT2D eigenvalue weighted by molar-refractivity contribution is -0.141. The van der Waals surface area contributed by atoms with Crippen molar-refractivity contribution in [2.24, 2.45) is 10.9 Å². The number of hydrogen-bond acceptors (Lipinski definition) is 5. The van der Waals surface area contributed by atoms with Crippen LogP contribution in [0.15, 0.2) is 35.5 Å². The Kier molecular flexibility index (Phi) is 5.25. The van der Waals surface area contributed by atoms with Crippen molar-refractivity contribution in [1.82, 2.24) is 15.2 Å². The number of nitrogens with zero attached hydrogens (tertiary/aromatic N) is 2. The number of hydrogen-bond donors (Lipinski definition) is 3. The molecule has 0 aliphatic carbocycles. The number of carbonyl (C=O) groups excluding carboxylic acids is 3. The standard InChI is InChI=1S/C19H20N4O5/c1-10(2)23-17(25)13(16(24)22-19(23)28)9-21-15(18(26)27)7-11-8-20-14-6-4-3-5-12(11)14/h3-6,8-10,13,15,20H,7H2,1-2H3,(H,26,27)(H,22,24,28)/t13-,15+/m0/s1. The predicted octanol–water partition coefficient (Wildman–Crippen LogP) is 1.34. The van der Waals surface area contributed by atoms with Crippen molar-refractivity contribution >= 4 is 40.9 Å². The van der Waals surface area contributed by atoms with Crippen molar-refractivity contribution < 1.29 is 24.3 Å². The third-order valence-corrected chi connectivity index (χ3v) is 4.54. The van der Waals surface area contributed by atoms with E-state index in [0.717, 1.165) is 27.6 Å². The number of para-hydroxylation sites is 1. The molecule has 9 heteroatoms. The summed E-state index contributed by atoms with van der Waals surface area (Å²) in [5.41, 5.74) is 1.64. The molecule has 0 saturated carbocycles. The van der Waals surface area contributed by atoms with Gasteiger partial charge >= 0.3 is 12.0 Å². The normalized spacial score (nSPS) is 18.9. The first kappa shape index (κ1) is 19.3. The van der Waals surface area contributed by atoms with E-state index in [1.54, 1.807) is 20.0 Å². The molecule has 0 unspecified atom stereocenters. The molecule has 146 valence electrons. The maximum absolute atomic E-state index is 12.5. The zero-order chi connectivity index (χ0) is 20.4. The van der Waals surface area contributed by atoms with Gasteiger partial charge in [-0.2, -0.15) is 0 Å². The third-order valence-electron chi connectivity index (χ3n) is 4.54. The number of imide groups is 2. The quantitative estimate of drug-likeness (QED) is 0.511. The molecular formula is C19H20N4O5. The fourth-order valence-corrected chi connectivity index (χ4v) is 3.13. The number of rotatable bonds is 6. The zero-order valence-electron chi connectivity index (χ0n) is 15.4. The number of aromatic nitrogens is 1. The largest absolute Gasteiger partial charge is 0.480 e. The summed E-state index contributed by atoms with van der Waals surface area (Å²) in [5.74, 6) is -4.05. The Bertz CT molecular complexity index is 978. The van der Waals surface area contributed by atoms with E-state index in [1.807, 2.05) is 24.3 Å². The number of aromatic amines is 1. The summed E-state index contributed by atoms with van der Waals surface area (Å²) in [4.78, 5) is 55.9. The van der Waals surface area contributed by atoms with Crippen LogP contribution in [0.1, 0.15) is 19.4 Å². The molecule has 0 radical (unpaired) electrons. The van der Waals surface area contributed by atoms with Crippen LogP contribution >= 0.6 is 0 Å². The SMILES string of the molecule is CC(C)N1C(=O)NC(=O)[C@H](C=N[C@H](Cc2c[nH]c3ccccc23)C(=O)O)C1=O. The smallest absolute Gasteiger partial charge is 0.331 e. The van der Waals surface area contributed by atoms with Crippen LogP contribution in [0, 0.1) is 5.92 Å². The van der Waals surface area contributed by atoms with Crippen molar-refractivity contribution in [3.05, 3.63) is 36.0 Å². The Morgan fingerprint density at radius 3 is 2.68 bits per heavy atom. The highest BCUT2D eigenvalue weighted by Crippen LogP contribution is 2.20.